The Labute approximate surface area is 89.7 Å². The van der Waals surface area contributed by atoms with Gasteiger partial charge in [0.25, 0.3) is 0 Å². The maximum Gasteiger partial charge on any atom is 0.166 e. The molecule has 0 unspecified atom stereocenters. The van der Waals surface area contributed by atoms with Crippen LogP contribution in [-0.4, -0.2) is 18.0 Å². The summed E-state index contributed by atoms with van der Waals surface area (Å²) >= 11 is 0. The quantitative estimate of drug-likeness (QED) is 0.774. The average molecular weight is 208 g/mol. The zero-order valence-corrected chi connectivity index (χ0v) is 9.33. The number of Topliss-reactive ketones (excluding diaryl/α,β-unsaturated/α-hetero) is 1. The predicted molar refractivity (Wildman–Crippen MR) is 58.6 cm³/mol. The van der Waals surface area contributed by atoms with Gasteiger partial charge in [0.15, 0.2) is 5.78 Å². The molecule has 3 nitrogen and oxygen atoms in total. The Hall–Kier alpha value is -1.51. The van der Waals surface area contributed by atoms with Gasteiger partial charge in [-0.05, 0) is 25.5 Å². The topological polar surface area (TPSA) is 46.5 Å². The second-order valence-electron chi connectivity index (χ2n) is 3.46. The summed E-state index contributed by atoms with van der Waals surface area (Å²) in [5.41, 5.74) is 0.995. The molecule has 1 aromatic carbocycles. The molecule has 0 atom stereocenters. The van der Waals surface area contributed by atoms with Gasteiger partial charge in [-0.1, -0.05) is 6.92 Å². The Balaban J connectivity index is 3.11. The zero-order chi connectivity index (χ0) is 11.4. The first-order valence-corrected chi connectivity index (χ1v) is 5.01. The molecule has 0 spiro atoms. The number of ether oxygens (including phenoxy) is 1. The van der Waals surface area contributed by atoms with E-state index in [1.807, 2.05) is 6.92 Å². The number of carbonyl (C=O) groups excluding carboxylic acids is 1. The molecule has 0 heterocycles. The van der Waals surface area contributed by atoms with Crippen LogP contribution < -0.4 is 4.74 Å². The summed E-state index contributed by atoms with van der Waals surface area (Å²) in [6, 6.07) is 3.32. The Bertz CT molecular complexity index is 369. The molecule has 0 aliphatic heterocycles. The number of phenolic OH excluding ortho intramolecular Hbond substituents is 1. The van der Waals surface area contributed by atoms with E-state index >= 15 is 0 Å². The highest BCUT2D eigenvalue weighted by atomic mass is 16.5. The molecule has 0 aromatic heterocycles. The summed E-state index contributed by atoms with van der Waals surface area (Å²) in [7, 11) is 1.54. The molecule has 0 aliphatic rings. The second kappa shape index (κ2) is 4.82. The summed E-state index contributed by atoms with van der Waals surface area (Å²) in [5.74, 6) is 0.606. The van der Waals surface area contributed by atoms with E-state index < -0.39 is 0 Å². The van der Waals surface area contributed by atoms with Crippen molar-refractivity contribution in [2.75, 3.05) is 7.11 Å². The number of hydrogen-bond donors (Lipinski definition) is 1. The number of methoxy groups -OCH3 is 1. The lowest BCUT2D eigenvalue weighted by atomic mass is 10.0. The van der Waals surface area contributed by atoms with Gasteiger partial charge in [0, 0.05) is 12.0 Å². The maximum atomic E-state index is 11.6. The number of aromatic hydroxyl groups is 1. The molecule has 1 rings (SSSR count). The molecule has 0 radical (unpaired) electrons. The van der Waals surface area contributed by atoms with Crippen molar-refractivity contribution in [3.8, 4) is 11.5 Å². The molecule has 3 heteroatoms. The lowest BCUT2D eigenvalue weighted by molar-refractivity contribution is 0.0979. The highest BCUT2D eigenvalue weighted by Crippen LogP contribution is 2.30. The van der Waals surface area contributed by atoms with E-state index in [0.717, 1.165) is 6.42 Å². The van der Waals surface area contributed by atoms with E-state index in [1.54, 1.807) is 19.1 Å². The fourth-order valence-electron chi connectivity index (χ4n) is 1.49. The van der Waals surface area contributed by atoms with Crippen LogP contribution in [0.15, 0.2) is 12.1 Å². The van der Waals surface area contributed by atoms with Crippen molar-refractivity contribution in [2.24, 2.45) is 0 Å². The number of rotatable bonds is 4. The van der Waals surface area contributed by atoms with Crippen molar-refractivity contribution in [3.63, 3.8) is 0 Å². The molecule has 1 aromatic rings. The molecule has 0 amide bonds. The van der Waals surface area contributed by atoms with Crippen LogP contribution in [0.3, 0.4) is 0 Å². The van der Waals surface area contributed by atoms with E-state index in [1.165, 1.54) is 7.11 Å². The fraction of sp³-hybridized carbons (Fsp3) is 0.417. The first kappa shape index (κ1) is 11.6. The normalized spacial score (nSPS) is 10.1. The Kier molecular flexibility index (Phi) is 3.72. The van der Waals surface area contributed by atoms with Gasteiger partial charge in [-0.25, -0.2) is 0 Å². The van der Waals surface area contributed by atoms with Crippen LogP contribution in [0, 0.1) is 6.92 Å². The first-order valence-electron chi connectivity index (χ1n) is 5.01. The Morgan fingerprint density at radius 1 is 1.47 bits per heavy atom. The van der Waals surface area contributed by atoms with Crippen molar-refractivity contribution in [2.45, 2.75) is 26.7 Å². The highest BCUT2D eigenvalue weighted by Gasteiger charge is 2.14. The van der Waals surface area contributed by atoms with Gasteiger partial charge in [-0.3, -0.25) is 4.79 Å². The smallest absolute Gasteiger partial charge is 0.166 e. The molecule has 15 heavy (non-hydrogen) atoms. The highest BCUT2D eigenvalue weighted by molar-refractivity contribution is 5.99. The van der Waals surface area contributed by atoms with Crippen LogP contribution in [0.5, 0.6) is 11.5 Å². The summed E-state index contributed by atoms with van der Waals surface area (Å²) < 4.78 is 5.05. The molecule has 0 bridgehead atoms. The van der Waals surface area contributed by atoms with Gasteiger partial charge in [-0.15, -0.1) is 0 Å². The van der Waals surface area contributed by atoms with Gasteiger partial charge in [0.2, 0.25) is 0 Å². The Morgan fingerprint density at radius 3 is 2.67 bits per heavy atom. The minimum Gasteiger partial charge on any atom is -0.507 e. The van der Waals surface area contributed by atoms with E-state index in [0.29, 0.717) is 23.3 Å². The van der Waals surface area contributed by atoms with Crippen molar-refractivity contribution >= 4 is 5.78 Å². The van der Waals surface area contributed by atoms with Gasteiger partial charge >= 0.3 is 0 Å². The molecule has 0 fully saturated rings. The van der Waals surface area contributed by atoms with E-state index in [4.69, 9.17) is 4.74 Å². The minimum atomic E-state index is -0.0271. The van der Waals surface area contributed by atoms with Crippen LogP contribution in [0.25, 0.3) is 0 Å². The molecular formula is C12H16O3. The second-order valence-corrected chi connectivity index (χ2v) is 3.46. The number of carbonyl (C=O) groups is 1. The van der Waals surface area contributed by atoms with Gasteiger partial charge in [-0.2, -0.15) is 0 Å². The number of hydrogen-bond acceptors (Lipinski definition) is 3. The average Bonchev–Trinajstić information content (AvgIpc) is 2.22. The molecular weight excluding hydrogens is 192 g/mol. The predicted octanol–water partition coefficient (Wildman–Crippen LogP) is 2.69. The third-order valence-corrected chi connectivity index (χ3v) is 2.38. The number of phenols is 1. The van der Waals surface area contributed by atoms with Crippen LogP contribution in [0.2, 0.25) is 0 Å². The summed E-state index contributed by atoms with van der Waals surface area (Å²) in [5, 5.41) is 9.81. The van der Waals surface area contributed by atoms with Gasteiger partial charge < -0.3 is 9.84 Å². The zero-order valence-electron chi connectivity index (χ0n) is 9.33. The molecule has 1 N–H and O–H groups in total. The lowest BCUT2D eigenvalue weighted by Gasteiger charge is -2.09. The van der Waals surface area contributed by atoms with E-state index in [2.05, 4.69) is 0 Å². The summed E-state index contributed by atoms with van der Waals surface area (Å²) in [4.78, 5) is 11.6. The van der Waals surface area contributed by atoms with E-state index in [-0.39, 0.29) is 11.5 Å². The standard InChI is InChI=1S/C12H16O3/c1-4-5-10(13)9-6-7-11(15-3)8(2)12(9)14/h6-7,14H,4-5H2,1-3H3. The van der Waals surface area contributed by atoms with Crippen molar-refractivity contribution in [3.05, 3.63) is 23.3 Å². The third-order valence-electron chi connectivity index (χ3n) is 2.38. The molecule has 82 valence electrons. The van der Waals surface area contributed by atoms with Crippen LogP contribution in [-0.2, 0) is 0 Å². The van der Waals surface area contributed by atoms with E-state index in [9.17, 15) is 9.90 Å². The van der Waals surface area contributed by atoms with Gasteiger partial charge in [0.05, 0.1) is 12.7 Å². The monoisotopic (exact) mass is 208 g/mol. The van der Waals surface area contributed by atoms with Crippen molar-refractivity contribution in [1.29, 1.82) is 0 Å². The van der Waals surface area contributed by atoms with Crippen molar-refractivity contribution in [1.82, 2.24) is 0 Å². The van der Waals surface area contributed by atoms with Gasteiger partial charge in [0.1, 0.15) is 11.5 Å². The largest absolute Gasteiger partial charge is 0.507 e. The summed E-state index contributed by atoms with van der Waals surface area (Å²) in [6.07, 6.45) is 1.24. The number of benzene rings is 1. The molecule has 0 saturated carbocycles. The SMILES string of the molecule is CCCC(=O)c1ccc(OC)c(C)c1O. The fourth-order valence-corrected chi connectivity index (χ4v) is 1.49. The van der Waals surface area contributed by atoms with Crippen molar-refractivity contribution < 1.29 is 14.6 Å². The first-order chi connectivity index (χ1) is 7.11. The molecule has 0 aliphatic carbocycles. The third kappa shape index (κ3) is 2.29. The van der Waals surface area contributed by atoms with Crippen LogP contribution in [0.1, 0.15) is 35.7 Å². The minimum absolute atomic E-state index is 0.0271. The lowest BCUT2D eigenvalue weighted by Crippen LogP contribution is -2.00. The Morgan fingerprint density at radius 2 is 2.13 bits per heavy atom. The maximum absolute atomic E-state index is 11.6. The van der Waals surface area contributed by atoms with Crippen LogP contribution >= 0.6 is 0 Å². The molecule has 0 saturated heterocycles. The van der Waals surface area contributed by atoms with Crippen LogP contribution in [0.4, 0.5) is 0 Å². The number of ketones is 1. The summed E-state index contributed by atoms with van der Waals surface area (Å²) in [6.45, 7) is 3.67.